The van der Waals surface area contributed by atoms with E-state index in [1.165, 1.54) is 0 Å². The highest BCUT2D eigenvalue weighted by atomic mass is 35.5. The van der Waals surface area contributed by atoms with Crippen molar-refractivity contribution in [3.63, 3.8) is 0 Å². The largest absolute Gasteiger partial charge is 0.484 e. The normalized spacial score (nSPS) is 22.2. The van der Waals surface area contributed by atoms with Gasteiger partial charge in [-0.25, -0.2) is 0 Å². The molecule has 0 saturated carbocycles. The van der Waals surface area contributed by atoms with Gasteiger partial charge in [0.2, 0.25) is 0 Å². The van der Waals surface area contributed by atoms with Crippen molar-refractivity contribution in [3.05, 3.63) is 29.8 Å². The third-order valence-corrected chi connectivity index (χ3v) is 5.34. The number of halogens is 1. The molecule has 3 rings (SSSR count). The molecule has 134 valence electrons. The molecule has 6 heteroatoms. The van der Waals surface area contributed by atoms with Crippen LogP contribution in [-0.2, 0) is 4.79 Å². The van der Waals surface area contributed by atoms with Gasteiger partial charge in [-0.2, -0.15) is 0 Å². The summed E-state index contributed by atoms with van der Waals surface area (Å²) in [6.45, 7) is 5.55. The Morgan fingerprint density at radius 1 is 1.42 bits per heavy atom. The van der Waals surface area contributed by atoms with E-state index in [4.69, 9.17) is 4.74 Å². The average Bonchev–Trinajstić information content (AvgIpc) is 2.91. The number of likely N-dealkylation sites (tertiary alicyclic amines) is 1. The molecule has 24 heavy (non-hydrogen) atoms. The molecule has 0 bridgehead atoms. The zero-order valence-electron chi connectivity index (χ0n) is 14.2. The number of nitrogens with one attached hydrogen (secondary N) is 1. The highest BCUT2D eigenvalue weighted by Gasteiger charge is 2.47. The second-order valence-corrected chi connectivity index (χ2v) is 6.87. The molecule has 1 aromatic rings. The Morgan fingerprint density at radius 3 is 2.83 bits per heavy atom. The van der Waals surface area contributed by atoms with Crippen LogP contribution < -0.4 is 10.1 Å². The van der Waals surface area contributed by atoms with Gasteiger partial charge in [-0.15, -0.1) is 12.4 Å². The topological polar surface area (TPSA) is 61.8 Å². The van der Waals surface area contributed by atoms with Crippen molar-refractivity contribution in [1.82, 2.24) is 10.2 Å². The second kappa shape index (κ2) is 8.19. The van der Waals surface area contributed by atoms with Crippen molar-refractivity contribution < 1.29 is 14.6 Å². The molecular formula is C18H27ClN2O3. The number of amides is 1. The number of nitrogens with zero attached hydrogens (tertiary/aromatic N) is 1. The summed E-state index contributed by atoms with van der Waals surface area (Å²) in [4.78, 5) is 14.4. The van der Waals surface area contributed by atoms with E-state index in [9.17, 15) is 9.90 Å². The number of rotatable bonds is 4. The first-order valence-electron chi connectivity index (χ1n) is 8.42. The molecule has 1 atom stereocenters. The van der Waals surface area contributed by atoms with Gasteiger partial charge in [0.1, 0.15) is 5.75 Å². The molecule has 0 radical (unpaired) electrons. The Hall–Kier alpha value is -1.30. The minimum absolute atomic E-state index is 0. The monoisotopic (exact) mass is 354 g/mol. The molecule has 5 nitrogen and oxygen atoms in total. The minimum Gasteiger partial charge on any atom is -0.484 e. The van der Waals surface area contributed by atoms with Gasteiger partial charge in [0.05, 0.1) is 0 Å². The Balaban J connectivity index is 0.00000208. The average molecular weight is 355 g/mol. The van der Waals surface area contributed by atoms with Crippen molar-refractivity contribution in [2.45, 2.75) is 19.8 Å². The number of aryl methyl sites for hydroxylation is 1. The molecule has 2 N–H and O–H groups in total. The summed E-state index contributed by atoms with van der Waals surface area (Å²) in [5, 5.41) is 13.1. The van der Waals surface area contributed by atoms with E-state index in [-0.39, 0.29) is 42.9 Å². The number of hydrogen-bond donors (Lipinski definition) is 2. The summed E-state index contributed by atoms with van der Waals surface area (Å²) in [5.74, 6) is 0.931. The summed E-state index contributed by atoms with van der Waals surface area (Å²) in [5.41, 5.74) is 1.20. The maximum Gasteiger partial charge on any atom is 0.260 e. The summed E-state index contributed by atoms with van der Waals surface area (Å²) in [6, 6.07) is 7.73. The Morgan fingerprint density at radius 2 is 2.17 bits per heavy atom. The molecule has 2 aliphatic heterocycles. The zero-order chi connectivity index (χ0) is 16.3. The fourth-order valence-corrected chi connectivity index (χ4v) is 3.91. The van der Waals surface area contributed by atoms with Crippen molar-refractivity contribution >= 4 is 18.3 Å². The number of aliphatic hydroxyl groups is 1. The fourth-order valence-electron chi connectivity index (χ4n) is 3.91. The van der Waals surface area contributed by atoms with Gasteiger partial charge in [0.25, 0.3) is 5.91 Å². The van der Waals surface area contributed by atoms with Gasteiger partial charge in [-0.05, 0) is 56.0 Å². The van der Waals surface area contributed by atoms with Crippen LogP contribution in [0.5, 0.6) is 5.75 Å². The molecule has 2 heterocycles. The highest BCUT2D eigenvalue weighted by molar-refractivity contribution is 5.85. The lowest BCUT2D eigenvalue weighted by molar-refractivity contribution is -0.132. The lowest BCUT2D eigenvalue weighted by Crippen LogP contribution is -2.43. The van der Waals surface area contributed by atoms with Crippen molar-refractivity contribution in [1.29, 1.82) is 0 Å². The SMILES string of the molecule is Cc1cccc(OCC(=O)N2CC(CO)C3(CCNCC3)C2)c1.Cl. The maximum absolute atomic E-state index is 12.5. The van der Waals surface area contributed by atoms with E-state index in [1.807, 2.05) is 36.1 Å². The first-order valence-corrected chi connectivity index (χ1v) is 8.42. The highest BCUT2D eigenvalue weighted by Crippen LogP contribution is 2.43. The fraction of sp³-hybridized carbons (Fsp3) is 0.611. The molecule has 2 saturated heterocycles. The van der Waals surface area contributed by atoms with Crippen LogP contribution in [0.4, 0.5) is 0 Å². The van der Waals surface area contributed by atoms with Crippen LogP contribution in [0.15, 0.2) is 24.3 Å². The summed E-state index contributed by atoms with van der Waals surface area (Å²) in [6.07, 6.45) is 2.06. The summed E-state index contributed by atoms with van der Waals surface area (Å²) < 4.78 is 5.64. The third-order valence-electron chi connectivity index (χ3n) is 5.34. The summed E-state index contributed by atoms with van der Waals surface area (Å²) in [7, 11) is 0. The third kappa shape index (κ3) is 4.02. The quantitative estimate of drug-likeness (QED) is 0.862. The van der Waals surface area contributed by atoms with Crippen molar-refractivity contribution in [2.75, 3.05) is 39.4 Å². The van der Waals surface area contributed by atoms with Crippen LogP contribution in [-0.4, -0.2) is 55.3 Å². The first kappa shape index (κ1) is 19.0. The minimum atomic E-state index is 0. The van der Waals surface area contributed by atoms with Gasteiger partial charge in [0, 0.05) is 25.6 Å². The Bertz CT molecular complexity index is 561. The number of aliphatic hydroxyl groups excluding tert-OH is 1. The van der Waals surface area contributed by atoms with Crippen LogP contribution in [0.2, 0.25) is 0 Å². The van der Waals surface area contributed by atoms with E-state index in [0.29, 0.717) is 6.54 Å². The van der Waals surface area contributed by atoms with Gasteiger partial charge in [0.15, 0.2) is 6.61 Å². The number of carbonyl (C=O) groups excluding carboxylic acids is 1. The van der Waals surface area contributed by atoms with E-state index < -0.39 is 0 Å². The predicted octanol–water partition coefficient (Wildman–Crippen LogP) is 1.62. The number of hydrogen-bond acceptors (Lipinski definition) is 4. The molecule has 1 aromatic carbocycles. The molecule has 2 aliphatic rings. The van der Waals surface area contributed by atoms with Crippen molar-refractivity contribution in [2.24, 2.45) is 11.3 Å². The van der Waals surface area contributed by atoms with Crippen LogP contribution in [0, 0.1) is 18.3 Å². The van der Waals surface area contributed by atoms with Crippen molar-refractivity contribution in [3.8, 4) is 5.75 Å². The number of carbonyl (C=O) groups is 1. The standard InChI is InChI=1S/C18H26N2O3.ClH/c1-14-3-2-4-16(9-14)23-12-17(22)20-10-15(11-21)18(13-20)5-7-19-8-6-18;/h2-4,9,15,19,21H,5-8,10-13H2,1H3;1H. The van der Waals surface area contributed by atoms with Crippen LogP contribution in [0.25, 0.3) is 0 Å². The number of benzene rings is 1. The predicted molar refractivity (Wildman–Crippen MR) is 95.6 cm³/mol. The zero-order valence-corrected chi connectivity index (χ0v) is 15.0. The molecule has 0 aliphatic carbocycles. The maximum atomic E-state index is 12.5. The van der Waals surface area contributed by atoms with Gasteiger partial charge in [-0.3, -0.25) is 4.79 Å². The van der Waals surface area contributed by atoms with Crippen LogP contribution in [0.3, 0.4) is 0 Å². The first-order chi connectivity index (χ1) is 11.1. The van der Waals surface area contributed by atoms with Gasteiger partial charge >= 0.3 is 0 Å². The van der Waals surface area contributed by atoms with Gasteiger partial charge < -0.3 is 20.1 Å². The van der Waals surface area contributed by atoms with E-state index >= 15 is 0 Å². The molecule has 1 amide bonds. The van der Waals surface area contributed by atoms with Gasteiger partial charge in [-0.1, -0.05) is 12.1 Å². The lowest BCUT2D eigenvalue weighted by Gasteiger charge is -2.37. The smallest absolute Gasteiger partial charge is 0.260 e. The molecule has 2 fully saturated rings. The molecule has 1 spiro atoms. The van der Waals surface area contributed by atoms with E-state index in [2.05, 4.69) is 5.32 Å². The number of piperidine rings is 1. The lowest BCUT2D eigenvalue weighted by atomic mass is 9.71. The van der Waals surface area contributed by atoms with E-state index in [1.54, 1.807) is 0 Å². The van der Waals surface area contributed by atoms with Crippen LogP contribution in [0.1, 0.15) is 18.4 Å². The van der Waals surface area contributed by atoms with Crippen LogP contribution >= 0.6 is 12.4 Å². The molecular weight excluding hydrogens is 328 g/mol. The Kier molecular flexibility index (Phi) is 6.49. The molecule has 1 unspecified atom stereocenters. The Labute approximate surface area is 149 Å². The van der Waals surface area contributed by atoms with E-state index in [0.717, 1.165) is 43.8 Å². The summed E-state index contributed by atoms with van der Waals surface area (Å²) >= 11 is 0. The molecule has 0 aromatic heterocycles. The second-order valence-electron chi connectivity index (χ2n) is 6.87. The number of ether oxygens (including phenoxy) is 1.